The van der Waals surface area contributed by atoms with Crippen LogP contribution in [0.25, 0.3) is 0 Å². The maximum absolute atomic E-state index is 11.5. The molecule has 0 saturated heterocycles. The van der Waals surface area contributed by atoms with Crippen LogP contribution in [0.2, 0.25) is 5.02 Å². The van der Waals surface area contributed by atoms with Gasteiger partial charge in [-0.3, -0.25) is 4.79 Å². The Balaban J connectivity index is 2.50. The smallest absolute Gasteiger partial charge is 0.239 e. The van der Waals surface area contributed by atoms with Crippen molar-refractivity contribution < 1.29 is 10.0 Å². The molecule has 2 aromatic rings. The zero-order chi connectivity index (χ0) is 15.2. The first-order valence-corrected chi connectivity index (χ1v) is 7.00. The molecule has 0 unspecified atom stereocenters. The topological polar surface area (TPSA) is 61.7 Å². The van der Waals surface area contributed by atoms with Crippen LogP contribution >= 0.6 is 23.2 Å². The summed E-state index contributed by atoms with van der Waals surface area (Å²) >= 11 is 11.5. The normalized spacial score (nSPS) is 11.2. The van der Waals surface area contributed by atoms with Crippen LogP contribution < -0.4 is 5.32 Å². The molecule has 0 spiro atoms. The Hall–Kier alpha value is -2.04. The fraction of sp³-hybridized carbons (Fsp3) is 0.0667. The maximum atomic E-state index is 11.5. The molecule has 0 radical (unpaired) electrons. The van der Waals surface area contributed by atoms with Gasteiger partial charge < -0.3 is 10.5 Å². The number of amides is 1. The highest BCUT2D eigenvalue weighted by Gasteiger charge is 2.14. The summed E-state index contributed by atoms with van der Waals surface area (Å²) in [6.45, 7) is 0. The molecule has 2 aromatic carbocycles. The molecule has 4 nitrogen and oxygen atoms in total. The van der Waals surface area contributed by atoms with Gasteiger partial charge in [-0.15, -0.1) is 11.6 Å². The molecule has 0 aromatic heterocycles. The van der Waals surface area contributed by atoms with Crippen molar-refractivity contribution in [3.63, 3.8) is 0 Å². The molecule has 6 heteroatoms. The van der Waals surface area contributed by atoms with E-state index in [-0.39, 0.29) is 11.8 Å². The Morgan fingerprint density at radius 3 is 2.52 bits per heavy atom. The van der Waals surface area contributed by atoms with Crippen molar-refractivity contribution >= 4 is 40.5 Å². The van der Waals surface area contributed by atoms with Gasteiger partial charge in [-0.2, -0.15) is 0 Å². The van der Waals surface area contributed by atoms with Crippen LogP contribution in [0, 0.1) is 0 Å². The molecule has 0 bridgehead atoms. The van der Waals surface area contributed by atoms with Crippen molar-refractivity contribution in [2.75, 3.05) is 11.2 Å². The third-order valence-electron chi connectivity index (χ3n) is 2.78. The Morgan fingerprint density at radius 2 is 1.90 bits per heavy atom. The number of oxime groups is 1. The first-order chi connectivity index (χ1) is 10.2. The SMILES string of the molecule is O=C(CCl)Nc1ccc(Cl)cc1/C(=N\O)c1ccccc1. The predicted octanol–water partition coefficient (Wildman–Crippen LogP) is 3.74. The number of carbonyl (C=O) groups is 1. The molecular formula is C15H12Cl2N2O2. The third kappa shape index (κ3) is 3.74. The zero-order valence-electron chi connectivity index (χ0n) is 10.9. The molecule has 108 valence electrons. The first-order valence-electron chi connectivity index (χ1n) is 6.09. The molecule has 0 fully saturated rings. The van der Waals surface area contributed by atoms with Crippen molar-refractivity contribution in [2.45, 2.75) is 0 Å². The average Bonchev–Trinajstić information content (AvgIpc) is 2.51. The standard InChI is InChI=1S/C15H12Cl2N2O2/c16-9-14(20)18-13-7-6-11(17)8-12(13)15(19-21)10-4-2-1-3-5-10/h1-8,21H,9H2,(H,18,20)/b19-15-. The highest BCUT2D eigenvalue weighted by atomic mass is 35.5. The van der Waals surface area contributed by atoms with Crippen LogP contribution in [0.5, 0.6) is 0 Å². The molecular weight excluding hydrogens is 311 g/mol. The summed E-state index contributed by atoms with van der Waals surface area (Å²) in [6.07, 6.45) is 0. The van der Waals surface area contributed by atoms with E-state index in [1.54, 1.807) is 30.3 Å². The second-order valence-electron chi connectivity index (χ2n) is 4.19. The second kappa shape index (κ2) is 7.11. The predicted molar refractivity (Wildman–Crippen MR) is 84.7 cm³/mol. The van der Waals surface area contributed by atoms with Crippen LogP contribution in [0.4, 0.5) is 5.69 Å². The summed E-state index contributed by atoms with van der Waals surface area (Å²) in [7, 11) is 0. The molecule has 0 aliphatic carbocycles. The van der Waals surface area contributed by atoms with E-state index in [0.29, 0.717) is 27.5 Å². The summed E-state index contributed by atoms with van der Waals surface area (Å²) in [5, 5.41) is 15.8. The van der Waals surface area contributed by atoms with Gasteiger partial charge in [0.15, 0.2) is 0 Å². The van der Waals surface area contributed by atoms with Gasteiger partial charge in [0, 0.05) is 16.1 Å². The quantitative estimate of drug-likeness (QED) is 0.390. The van der Waals surface area contributed by atoms with Crippen LogP contribution in [-0.2, 0) is 4.79 Å². The van der Waals surface area contributed by atoms with Crippen LogP contribution in [0.1, 0.15) is 11.1 Å². The molecule has 1 amide bonds. The van der Waals surface area contributed by atoms with Gasteiger partial charge in [0.05, 0.1) is 5.69 Å². The van der Waals surface area contributed by atoms with Gasteiger partial charge in [-0.25, -0.2) is 0 Å². The minimum Gasteiger partial charge on any atom is -0.410 e. The Bertz CT molecular complexity index is 673. The number of rotatable bonds is 4. The van der Waals surface area contributed by atoms with Crippen molar-refractivity contribution in [2.24, 2.45) is 5.16 Å². The highest BCUT2D eigenvalue weighted by molar-refractivity contribution is 6.32. The zero-order valence-corrected chi connectivity index (χ0v) is 12.4. The largest absolute Gasteiger partial charge is 0.410 e. The fourth-order valence-corrected chi connectivity index (χ4v) is 2.11. The maximum Gasteiger partial charge on any atom is 0.239 e. The summed E-state index contributed by atoms with van der Waals surface area (Å²) in [5.74, 6) is -0.524. The van der Waals surface area contributed by atoms with Gasteiger partial charge in [-0.05, 0) is 18.2 Å². The molecule has 2 rings (SSSR count). The van der Waals surface area contributed by atoms with Gasteiger partial charge >= 0.3 is 0 Å². The van der Waals surface area contributed by atoms with Crippen molar-refractivity contribution in [3.8, 4) is 0 Å². The lowest BCUT2D eigenvalue weighted by molar-refractivity contribution is -0.113. The van der Waals surface area contributed by atoms with E-state index in [1.807, 2.05) is 18.2 Å². The monoisotopic (exact) mass is 322 g/mol. The van der Waals surface area contributed by atoms with E-state index in [2.05, 4.69) is 10.5 Å². The summed E-state index contributed by atoms with van der Waals surface area (Å²) in [4.78, 5) is 11.5. The molecule has 21 heavy (non-hydrogen) atoms. The number of nitrogens with zero attached hydrogens (tertiary/aromatic N) is 1. The fourth-order valence-electron chi connectivity index (χ4n) is 1.87. The highest BCUT2D eigenvalue weighted by Crippen LogP contribution is 2.24. The number of alkyl halides is 1. The molecule has 0 heterocycles. The van der Waals surface area contributed by atoms with E-state index < -0.39 is 0 Å². The number of halogens is 2. The van der Waals surface area contributed by atoms with Crippen molar-refractivity contribution in [3.05, 3.63) is 64.7 Å². The van der Waals surface area contributed by atoms with Gasteiger partial charge in [0.25, 0.3) is 0 Å². The first kappa shape index (κ1) is 15.4. The van der Waals surface area contributed by atoms with Gasteiger partial charge in [-0.1, -0.05) is 47.1 Å². The van der Waals surface area contributed by atoms with Crippen LogP contribution in [-0.4, -0.2) is 22.7 Å². The minimum atomic E-state index is -0.356. The van der Waals surface area contributed by atoms with Crippen LogP contribution in [0.15, 0.2) is 53.7 Å². The van der Waals surface area contributed by atoms with E-state index in [9.17, 15) is 10.0 Å². The van der Waals surface area contributed by atoms with E-state index in [4.69, 9.17) is 23.2 Å². The van der Waals surface area contributed by atoms with Crippen LogP contribution in [0.3, 0.4) is 0 Å². The molecule has 0 aliphatic rings. The Labute approximate surface area is 132 Å². The number of anilines is 1. The second-order valence-corrected chi connectivity index (χ2v) is 4.89. The van der Waals surface area contributed by atoms with E-state index in [0.717, 1.165) is 0 Å². The van der Waals surface area contributed by atoms with E-state index >= 15 is 0 Å². The van der Waals surface area contributed by atoms with Crippen molar-refractivity contribution in [1.29, 1.82) is 0 Å². The number of carbonyl (C=O) groups excluding carboxylic acids is 1. The molecule has 0 saturated carbocycles. The lowest BCUT2D eigenvalue weighted by Gasteiger charge is -2.12. The molecule has 2 N–H and O–H groups in total. The summed E-state index contributed by atoms with van der Waals surface area (Å²) in [5.41, 5.74) is 1.99. The summed E-state index contributed by atoms with van der Waals surface area (Å²) < 4.78 is 0. The molecule has 0 aliphatic heterocycles. The number of nitrogens with one attached hydrogen (secondary N) is 1. The summed E-state index contributed by atoms with van der Waals surface area (Å²) in [6, 6.07) is 14.0. The number of benzene rings is 2. The van der Waals surface area contributed by atoms with Gasteiger partial charge in [0.2, 0.25) is 5.91 Å². The Kier molecular flexibility index (Phi) is 5.20. The lowest BCUT2D eigenvalue weighted by atomic mass is 10.0. The van der Waals surface area contributed by atoms with Crippen molar-refractivity contribution in [1.82, 2.24) is 0 Å². The van der Waals surface area contributed by atoms with E-state index in [1.165, 1.54) is 0 Å². The third-order valence-corrected chi connectivity index (χ3v) is 3.26. The average molecular weight is 323 g/mol. The minimum absolute atomic E-state index is 0.168. The number of hydrogen-bond donors (Lipinski definition) is 2. The lowest BCUT2D eigenvalue weighted by Crippen LogP contribution is -2.16. The van der Waals surface area contributed by atoms with Gasteiger partial charge in [0.1, 0.15) is 11.6 Å². The Morgan fingerprint density at radius 1 is 1.19 bits per heavy atom. The molecule has 0 atom stereocenters. The number of hydrogen-bond acceptors (Lipinski definition) is 3.